The van der Waals surface area contributed by atoms with Gasteiger partial charge in [0.1, 0.15) is 0 Å². The molecule has 3 nitrogen and oxygen atoms in total. The van der Waals surface area contributed by atoms with Crippen LogP contribution in [0.4, 0.5) is 5.69 Å². The first-order chi connectivity index (χ1) is 13.6. The number of benzene rings is 3. The Labute approximate surface area is 164 Å². The van der Waals surface area contributed by atoms with E-state index in [1.54, 1.807) is 6.08 Å². The van der Waals surface area contributed by atoms with Gasteiger partial charge in [-0.25, -0.2) is 0 Å². The summed E-state index contributed by atoms with van der Waals surface area (Å²) in [5, 5.41) is 4.67. The van der Waals surface area contributed by atoms with Gasteiger partial charge in [-0.15, -0.1) is 0 Å². The zero-order valence-corrected chi connectivity index (χ0v) is 16.0. The van der Waals surface area contributed by atoms with Crippen molar-refractivity contribution < 1.29 is 4.79 Å². The number of carbonyl (C=O) groups is 1. The lowest BCUT2D eigenvalue weighted by molar-refractivity contribution is 0.104. The molecule has 3 aromatic carbocycles. The second-order valence-corrected chi connectivity index (χ2v) is 6.99. The molecule has 4 rings (SSSR count). The zero-order valence-electron chi connectivity index (χ0n) is 16.0. The van der Waals surface area contributed by atoms with Gasteiger partial charge in [-0.3, -0.25) is 4.79 Å². The second-order valence-electron chi connectivity index (χ2n) is 6.99. The Morgan fingerprint density at radius 3 is 2.18 bits per heavy atom. The maximum atomic E-state index is 12.8. The topological polar surface area (TPSA) is 44.9 Å². The summed E-state index contributed by atoms with van der Waals surface area (Å²) >= 11 is 0. The summed E-state index contributed by atoms with van der Waals surface area (Å²) in [7, 11) is 0. The molecule has 0 aliphatic heterocycles. The number of carbonyl (C=O) groups excluding carboxylic acids is 1. The maximum Gasteiger partial charge on any atom is 0.187 e. The molecule has 0 aliphatic carbocycles. The molecule has 3 heteroatoms. The normalized spacial score (nSPS) is 11.6. The van der Waals surface area contributed by atoms with Crippen LogP contribution < -0.4 is 5.32 Å². The molecule has 4 aromatic rings. The number of fused-ring (bicyclic) bond motifs is 1. The zero-order chi connectivity index (χ0) is 19.5. The Kier molecular flexibility index (Phi) is 4.81. The highest BCUT2D eigenvalue weighted by atomic mass is 16.1. The smallest absolute Gasteiger partial charge is 0.187 e. The van der Waals surface area contributed by atoms with Crippen molar-refractivity contribution in [3.8, 4) is 0 Å². The average molecular weight is 366 g/mol. The van der Waals surface area contributed by atoms with Gasteiger partial charge in [0.15, 0.2) is 5.78 Å². The van der Waals surface area contributed by atoms with Crippen LogP contribution in [0.15, 0.2) is 84.9 Å². The SMILES string of the molecule is Cc1cc2cc(C)c(N/C(=C\C(=O)c3ccccc3)c3ccccc3)cc2[nH]1. The van der Waals surface area contributed by atoms with Crippen LogP contribution >= 0.6 is 0 Å². The summed E-state index contributed by atoms with van der Waals surface area (Å²) in [6.07, 6.45) is 1.67. The van der Waals surface area contributed by atoms with Gasteiger partial charge >= 0.3 is 0 Å². The monoisotopic (exact) mass is 366 g/mol. The van der Waals surface area contributed by atoms with E-state index in [0.29, 0.717) is 5.56 Å². The molecule has 0 bridgehead atoms. The van der Waals surface area contributed by atoms with Crippen molar-refractivity contribution in [3.63, 3.8) is 0 Å². The van der Waals surface area contributed by atoms with Gasteiger partial charge < -0.3 is 10.3 Å². The van der Waals surface area contributed by atoms with Crippen LogP contribution in [0.2, 0.25) is 0 Å². The Morgan fingerprint density at radius 2 is 1.50 bits per heavy atom. The highest BCUT2D eigenvalue weighted by Crippen LogP contribution is 2.27. The van der Waals surface area contributed by atoms with Crippen molar-refractivity contribution >= 4 is 28.1 Å². The van der Waals surface area contributed by atoms with Crippen LogP contribution in [0, 0.1) is 13.8 Å². The molecule has 0 atom stereocenters. The Hall–Kier alpha value is -3.59. The number of nitrogens with one attached hydrogen (secondary N) is 2. The molecule has 0 aliphatic rings. The van der Waals surface area contributed by atoms with E-state index in [1.807, 2.05) is 60.7 Å². The third kappa shape index (κ3) is 3.74. The molecule has 2 N–H and O–H groups in total. The highest BCUT2D eigenvalue weighted by Gasteiger charge is 2.10. The molecule has 0 radical (unpaired) electrons. The summed E-state index contributed by atoms with van der Waals surface area (Å²) in [4.78, 5) is 16.2. The van der Waals surface area contributed by atoms with Crippen molar-refractivity contribution in [1.29, 1.82) is 0 Å². The molecular weight excluding hydrogens is 344 g/mol. The van der Waals surface area contributed by atoms with Crippen LogP contribution in [-0.4, -0.2) is 10.8 Å². The van der Waals surface area contributed by atoms with Crippen molar-refractivity contribution in [1.82, 2.24) is 4.98 Å². The number of aromatic nitrogens is 1. The first-order valence-electron chi connectivity index (χ1n) is 9.33. The van der Waals surface area contributed by atoms with E-state index in [2.05, 4.69) is 42.3 Å². The van der Waals surface area contributed by atoms with Gasteiger partial charge in [0, 0.05) is 39.6 Å². The summed E-state index contributed by atoms with van der Waals surface area (Å²) in [5.41, 5.74) is 6.72. The molecule has 1 aromatic heterocycles. The minimum absolute atomic E-state index is 0.0265. The fourth-order valence-corrected chi connectivity index (χ4v) is 3.35. The molecule has 0 spiro atoms. The third-order valence-corrected chi connectivity index (χ3v) is 4.79. The van der Waals surface area contributed by atoms with Crippen molar-refractivity contribution in [2.75, 3.05) is 5.32 Å². The van der Waals surface area contributed by atoms with Crippen LogP contribution in [-0.2, 0) is 0 Å². The molecule has 1 heterocycles. The van der Waals surface area contributed by atoms with Crippen molar-refractivity contribution in [2.45, 2.75) is 13.8 Å². The number of H-pyrrole nitrogens is 1. The third-order valence-electron chi connectivity index (χ3n) is 4.79. The minimum Gasteiger partial charge on any atom is -0.359 e. The predicted molar refractivity (Wildman–Crippen MR) is 117 cm³/mol. The molecule has 0 unspecified atom stereocenters. The number of hydrogen-bond acceptors (Lipinski definition) is 2. The van der Waals surface area contributed by atoms with Gasteiger partial charge in [-0.2, -0.15) is 0 Å². The Morgan fingerprint density at radius 1 is 0.857 bits per heavy atom. The van der Waals surface area contributed by atoms with E-state index >= 15 is 0 Å². The number of anilines is 1. The lowest BCUT2D eigenvalue weighted by Gasteiger charge is -2.14. The second kappa shape index (κ2) is 7.57. The molecule has 138 valence electrons. The van der Waals surface area contributed by atoms with Gasteiger partial charge in [0.05, 0.1) is 0 Å². The predicted octanol–water partition coefficient (Wildman–Crippen LogP) is 6.12. The van der Waals surface area contributed by atoms with Gasteiger partial charge in [-0.05, 0) is 43.2 Å². The first kappa shape index (κ1) is 17.8. The van der Waals surface area contributed by atoms with E-state index in [9.17, 15) is 4.79 Å². The number of hydrogen-bond donors (Lipinski definition) is 2. The van der Waals surface area contributed by atoms with E-state index in [1.165, 1.54) is 5.39 Å². The fourth-order valence-electron chi connectivity index (χ4n) is 3.35. The van der Waals surface area contributed by atoms with Crippen LogP contribution in [0.25, 0.3) is 16.6 Å². The lowest BCUT2D eigenvalue weighted by atomic mass is 10.1. The minimum atomic E-state index is -0.0265. The molecule has 0 saturated heterocycles. The maximum absolute atomic E-state index is 12.8. The molecule has 0 fully saturated rings. The molecule has 0 amide bonds. The number of aromatic amines is 1. The molecule has 28 heavy (non-hydrogen) atoms. The average Bonchev–Trinajstić information content (AvgIpc) is 3.07. The van der Waals surface area contributed by atoms with Crippen LogP contribution in [0.1, 0.15) is 27.2 Å². The van der Waals surface area contributed by atoms with Crippen LogP contribution in [0.5, 0.6) is 0 Å². The van der Waals surface area contributed by atoms with E-state index in [0.717, 1.165) is 33.7 Å². The standard InChI is InChI=1S/C25H22N2O/c1-17-13-21-14-18(2)26-23(21)15-22(17)27-24(19-9-5-3-6-10-19)16-25(28)20-11-7-4-8-12-20/h3-16,26-27H,1-2H3/b24-16-. The summed E-state index contributed by atoms with van der Waals surface area (Å²) < 4.78 is 0. The van der Waals surface area contributed by atoms with E-state index in [-0.39, 0.29) is 5.78 Å². The van der Waals surface area contributed by atoms with E-state index in [4.69, 9.17) is 0 Å². The number of allylic oxidation sites excluding steroid dienone is 1. The van der Waals surface area contributed by atoms with Gasteiger partial charge in [0.25, 0.3) is 0 Å². The Bertz CT molecular complexity index is 1160. The molecule has 0 saturated carbocycles. The quantitative estimate of drug-likeness (QED) is 0.330. The summed E-state index contributed by atoms with van der Waals surface area (Å²) in [6.45, 7) is 4.13. The lowest BCUT2D eigenvalue weighted by Crippen LogP contribution is -2.04. The fraction of sp³-hybridized carbons (Fsp3) is 0.0800. The summed E-state index contributed by atoms with van der Waals surface area (Å²) in [6, 6.07) is 25.7. The largest absolute Gasteiger partial charge is 0.359 e. The number of ketones is 1. The Balaban J connectivity index is 1.75. The van der Waals surface area contributed by atoms with Gasteiger partial charge in [-0.1, -0.05) is 60.7 Å². The molecular formula is C25H22N2O. The van der Waals surface area contributed by atoms with Crippen molar-refractivity contribution in [3.05, 3.63) is 107 Å². The first-order valence-corrected chi connectivity index (χ1v) is 9.33. The number of rotatable bonds is 5. The van der Waals surface area contributed by atoms with E-state index < -0.39 is 0 Å². The van der Waals surface area contributed by atoms with Crippen molar-refractivity contribution in [2.24, 2.45) is 0 Å². The highest BCUT2D eigenvalue weighted by molar-refractivity contribution is 6.09. The van der Waals surface area contributed by atoms with Gasteiger partial charge in [0.2, 0.25) is 0 Å². The summed E-state index contributed by atoms with van der Waals surface area (Å²) in [5.74, 6) is -0.0265. The van der Waals surface area contributed by atoms with Crippen LogP contribution in [0.3, 0.4) is 0 Å². The number of aryl methyl sites for hydroxylation is 2.